The van der Waals surface area contributed by atoms with Crippen LogP contribution in [0.2, 0.25) is 0 Å². The number of likely N-dealkylation sites (N-methyl/N-ethyl adjacent to an activating group) is 2. The van der Waals surface area contributed by atoms with Crippen LogP contribution < -0.4 is 10.6 Å². The van der Waals surface area contributed by atoms with E-state index in [0.29, 0.717) is 56.7 Å². The number of amides is 6. The van der Waals surface area contributed by atoms with E-state index in [1.54, 1.807) is 18.9 Å². The molecule has 6 amide bonds. The van der Waals surface area contributed by atoms with Crippen LogP contribution >= 0.6 is 0 Å². The van der Waals surface area contributed by atoms with E-state index in [1.807, 2.05) is 119 Å². The number of carbonyl (C=O) groups excluding carboxylic acids is 8. The highest BCUT2D eigenvalue weighted by molar-refractivity contribution is 6.02. The Morgan fingerprint density at radius 1 is 0.757 bits per heavy atom. The van der Waals surface area contributed by atoms with E-state index in [1.165, 1.54) is 7.11 Å². The second-order valence-electron chi connectivity index (χ2n) is 20.7. The molecule has 0 radical (unpaired) electrons. The average molecular weight is 1030 g/mol. The summed E-state index contributed by atoms with van der Waals surface area (Å²) in [5.41, 5.74) is 1.67. The first-order valence-corrected chi connectivity index (χ1v) is 26.5. The van der Waals surface area contributed by atoms with Gasteiger partial charge in [-0.05, 0) is 75.2 Å². The fourth-order valence-electron chi connectivity index (χ4n) is 10.5. The molecule has 0 bridgehead atoms. The minimum absolute atomic E-state index is 0.0136. The van der Waals surface area contributed by atoms with Crippen LogP contribution in [0, 0.1) is 23.7 Å². The number of unbranched alkanes of at least 4 members (excludes halogenated alkanes) is 2. The molecule has 18 heteroatoms. The van der Waals surface area contributed by atoms with E-state index in [-0.39, 0.29) is 62.4 Å². The van der Waals surface area contributed by atoms with Gasteiger partial charge >= 0.3 is 11.9 Å². The molecule has 9 atom stereocenters. The van der Waals surface area contributed by atoms with Crippen molar-refractivity contribution in [3.8, 4) is 0 Å². The molecule has 0 aliphatic carbocycles. The summed E-state index contributed by atoms with van der Waals surface area (Å²) in [5.74, 6) is -4.94. The maximum atomic E-state index is 14.6. The zero-order valence-corrected chi connectivity index (χ0v) is 45.7. The SMILES string of the molecule is CC[C@H](C)[C@@H]([C@@H](CC(=O)N1CCC[C@H]1[C@H](OC)[C@@H](C)C(=O)N[C@@H](Cc1ccccc1)C(=O)OCc1ccccc1)OC)N(C)[C@H](C(=O)NC(=O)[C@H](C(C)C)N(C)CCCCCC(=O)ON1C(=O)CCC1=O)C(C)C. The number of ether oxygens (including phenoxy) is 3. The van der Waals surface area contributed by atoms with Gasteiger partial charge in [0.15, 0.2) is 0 Å². The summed E-state index contributed by atoms with van der Waals surface area (Å²) in [6.07, 6.45) is 2.67. The minimum atomic E-state index is -0.973. The van der Waals surface area contributed by atoms with Crippen molar-refractivity contribution < 1.29 is 57.4 Å². The summed E-state index contributed by atoms with van der Waals surface area (Å²) >= 11 is 0. The third-order valence-corrected chi connectivity index (χ3v) is 14.6. The fraction of sp³-hybridized carbons (Fsp3) is 0.643. The number of hydroxylamine groups is 2. The van der Waals surface area contributed by atoms with Gasteiger partial charge in [-0.1, -0.05) is 122 Å². The Balaban J connectivity index is 1.41. The number of hydrogen-bond donors (Lipinski definition) is 2. The molecule has 0 saturated carbocycles. The van der Waals surface area contributed by atoms with Crippen LogP contribution in [0.4, 0.5) is 0 Å². The number of methoxy groups -OCH3 is 2. The van der Waals surface area contributed by atoms with E-state index in [0.717, 1.165) is 11.1 Å². The second kappa shape index (κ2) is 30.1. The maximum absolute atomic E-state index is 14.6. The van der Waals surface area contributed by atoms with Gasteiger partial charge in [-0.15, -0.1) is 5.06 Å². The third kappa shape index (κ3) is 17.2. The molecule has 74 heavy (non-hydrogen) atoms. The Bertz CT molecular complexity index is 2140. The lowest BCUT2D eigenvalue weighted by Gasteiger charge is -2.43. The molecule has 0 unspecified atom stereocenters. The predicted octanol–water partition coefficient (Wildman–Crippen LogP) is 5.64. The van der Waals surface area contributed by atoms with E-state index >= 15 is 0 Å². The van der Waals surface area contributed by atoms with Crippen molar-refractivity contribution >= 4 is 47.4 Å². The molecule has 2 N–H and O–H groups in total. The highest BCUT2D eigenvalue weighted by Gasteiger charge is 2.44. The lowest BCUT2D eigenvalue weighted by atomic mass is 9.87. The van der Waals surface area contributed by atoms with Gasteiger partial charge in [0, 0.05) is 52.5 Å². The highest BCUT2D eigenvalue weighted by atomic mass is 16.7. The molecule has 2 aromatic carbocycles. The Hall–Kier alpha value is -5.56. The highest BCUT2D eigenvalue weighted by Crippen LogP contribution is 2.31. The van der Waals surface area contributed by atoms with Crippen molar-refractivity contribution in [1.29, 1.82) is 0 Å². The van der Waals surface area contributed by atoms with Crippen LogP contribution in [0.5, 0.6) is 0 Å². The smallest absolute Gasteiger partial charge is 0.333 e. The van der Waals surface area contributed by atoms with Crippen LogP contribution in [-0.2, 0) is 70.4 Å². The first-order valence-electron chi connectivity index (χ1n) is 26.5. The largest absolute Gasteiger partial charge is 0.459 e. The average Bonchev–Trinajstić information content (AvgIpc) is 3.98. The molecule has 0 spiro atoms. The molecule has 2 aliphatic heterocycles. The van der Waals surface area contributed by atoms with Gasteiger partial charge in [0.25, 0.3) is 11.8 Å². The lowest BCUT2D eigenvalue weighted by Crippen LogP contribution is -2.60. The van der Waals surface area contributed by atoms with Gasteiger partial charge in [0.1, 0.15) is 12.6 Å². The van der Waals surface area contributed by atoms with Crippen LogP contribution in [0.15, 0.2) is 60.7 Å². The van der Waals surface area contributed by atoms with Gasteiger partial charge in [-0.2, -0.15) is 0 Å². The van der Waals surface area contributed by atoms with Crippen LogP contribution in [0.1, 0.15) is 124 Å². The molecular weight excluding hydrogens is 949 g/mol. The second-order valence-corrected chi connectivity index (χ2v) is 20.7. The Labute approximate surface area is 438 Å². The summed E-state index contributed by atoms with van der Waals surface area (Å²) in [7, 11) is 6.75. The van der Waals surface area contributed by atoms with Crippen LogP contribution in [0.25, 0.3) is 0 Å². The lowest BCUT2D eigenvalue weighted by molar-refractivity contribution is -0.197. The normalized spacial score (nSPS) is 18.2. The molecule has 2 fully saturated rings. The summed E-state index contributed by atoms with van der Waals surface area (Å²) in [6.45, 7) is 14.5. The topological polar surface area (TPSA) is 210 Å². The summed E-state index contributed by atoms with van der Waals surface area (Å²) < 4.78 is 17.9. The first kappa shape index (κ1) is 61.0. The van der Waals surface area contributed by atoms with Gasteiger partial charge < -0.3 is 29.3 Å². The van der Waals surface area contributed by atoms with E-state index in [4.69, 9.17) is 19.0 Å². The van der Waals surface area contributed by atoms with E-state index in [9.17, 15) is 38.4 Å². The summed E-state index contributed by atoms with van der Waals surface area (Å²) in [6, 6.07) is 15.5. The molecule has 4 rings (SSSR count). The Morgan fingerprint density at radius 3 is 1.92 bits per heavy atom. The van der Waals surface area contributed by atoms with Crippen molar-refractivity contribution in [2.24, 2.45) is 23.7 Å². The molecule has 2 aliphatic rings. The van der Waals surface area contributed by atoms with Crippen molar-refractivity contribution in [3.63, 3.8) is 0 Å². The monoisotopic (exact) mass is 1030 g/mol. The fourth-order valence-corrected chi connectivity index (χ4v) is 10.5. The third-order valence-electron chi connectivity index (χ3n) is 14.6. The van der Waals surface area contributed by atoms with Crippen LogP contribution in [-0.4, -0.2) is 151 Å². The van der Waals surface area contributed by atoms with E-state index in [2.05, 4.69) is 17.6 Å². The standard InChI is InChI=1S/C56H84N6O12/c1-12-38(6)51(60(9)50(37(4)5)55(69)58-54(68)49(36(2)3)59(8)31-21-15-20-28-48(66)74-62-45(63)29-30-46(62)64)44(71-10)34-47(65)61-32-22-27-43(61)52(72-11)39(7)53(67)57-42(33-40-23-16-13-17-24-40)56(70)73-35-41-25-18-14-19-26-41/h13-14,16-19,23-26,36-39,42-44,49-52H,12,15,20-22,27-35H2,1-11H3,(H,57,67)(H,58,68,69)/t38-,39+,42-,43-,44+,49-,50-,51-,52+/m0/s1. The number of rotatable bonds is 30. The number of imide groups is 2. The van der Waals surface area contributed by atoms with Crippen molar-refractivity contribution in [1.82, 2.24) is 30.4 Å². The number of likely N-dealkylation sites (tertiary alicyclic amines) is 1. The van der Waals surface area contributed by atoms with E-state index < -0.39 is 89.8 Å². The number of nitrogens with zero attached hydrogens (tertiary/aromatic N) is 4. The zero-order valence-electron chi connectivity index (χ0n) is 45.7. The predicted molar refractivity (Wildman–Crippen MR) is 278 cm³/mol. The number of carbonyl (C=O) groups is 8. The molecule has 18 nitrogen and oxygen atoms in total. The molecule has 2 aromatic rings. The summed E-state index contributed by atoms with van der Waals surface area (Å²) in [4.78, 5) is 117. The van der Waals surface area contributed by atoms with Crippen LogP contribution in [0.3, 0.4) is 0 Å². The molecule has 410 valence electrons. The number of benzene rings is 2. The molecule has 2 saturated heterocycles. The van der Waals surface area contributed by atoms with Crippen molar-refractivity contribution in [3.05, 3.63) is 71.8 Å². The number of esters is 1. The minimum Gasteiger partial charge on any atom is -0.459 e. The van der Waals surface area contributed by atoms with Gasteiger partial charge in [-0.3, -0.25) is 43.9 Å². The molecule has 2 heterocycles. The quantitative estimate of drug-likeness (QED) is 0.0551. The first-order chi connectivity index (χ1) is 35.2. The van der Waals surface area contributed by atoms with Gasteiger partial charge in [0.2, 0.25) is 23.6 Å². The maximum Gasteiger partial charge on any atom is 0.333 e. The van der Waals surface area contributed by atoms with Gasteiger partial charge in [0.05, 0.1) is 42.7 Å². The molecule has 0 aromatic heterocycles. The summed E-state index contributed by atoms with van der Waals surface area (Å²) in [5, 5.41) is 6.23. The van der Waals surface area contributed by atoms with Crippen molar-refractivity contribution in [2.75, 3.05) is 41.4 Å². The number of nitrogens with one attached hydrogen (secondary N) is 2. The number of hydrogen-bond acceptors (Lipinski definition) is 14. The van der Waals surface area contributed by atoms with Crippen molar-refractivity contribution in [2.45, 2.75) is 168 Å². The Morgan fingerprint density at radius 2 is 1.35 bits per heavy atom. The Kier molecular flexibility index (Phi) is 24.8. The molecular formula is C56H84N6O12. The van der Waals surface area contributed by atoms with Gasteiger partial charge in [-0.25, -0.2) is 9.59 Å². The zero-order chi connectivity index (χ0) is 54.6.